The second kappa shape index (κ2) is 14.1. The van der Waals surface area contributed by atoms with Crippen LogP contribution in [0, 0.1) is 23.7 Å². The molecule has 0 saturated carbocycles. The van der Waals surface area contributed by atoms with Gasteiger partial charge in [-0.15, -0.1) is 0 Å². The minimum atomic E-state index is 0.327. The van der Waals surface area contributed by atoms with Crippen LogP contribution < -0.4 is 0 Å². The number of unbranched alkanes of at least 4 members (excludes halogenated alkanes) is 7. The van der Waals surface area contributed by atoms with Crippen LogP contribution in [0.3, 0.4) is 0 Å². The predicted molar refractivity (Wildman–Crippen MR) is 69.9 cm³/mol. The highest BCUT2D eigenvalue weighted by Crippen LogP contribution is 2.03. The Balaban J connectivity index is 3.23. The Morgan fingerprint density at radius 3 is 1.94 bits per heavy atom. The second-order valence-electron chi connectivity index (χ2n) is 3.95. The lowest BCUT2D eigenvalue weighted by atomic mass is 10.1. The zero-order valence-electron chi connectivity index (χ0n) is 10.5. The van der Waals surface area contributed by atoms with Crippen molar-refractivity contribution in [2.75, 3.05) is 6.61 Å². The fourth-order valence-electron chi connectivity index (χ4n) is 1.33. The molecule has 1 N–H and O–H groups in total. The molecule has 90 valence electrons. The van der Waals surface area contributed by atoms with Crippen LogP contribution in [0.2, 0.25) is 0 Å². The molecule has 0 aliphatic rings. The van der Waals surface area contributed by atoms with E-state index in [0.717, 1.165) is 32.1 Å². The van der Waals surface area contributed by atoms with Gasteiger partial charge in [0, 0.05) is 19.4 Å². The van der Waals surface area contributed by atoms with Gasteiger partial charge in [0.15, 0.2) is 0 Å². The first-order valence-corrected chi connectivity index (χ1v) is 6.48. The van der Waals surface area contributed by atoms with Crippen molar-refractivity contribution >= 4 is 0 Å². The minimum absolute atomic E-state index is 0.327. The molecule has 0 spiro atoms. The van der Waals surface area contributed by atoms with Gasteiger partial charge in [-0.2, -0.15) is 0 Å². The van der Waals surface area contributed by atoms with E-state index in [2.05, 4.69) is 30.6 Å². The summed E-state index contributed by atoms with van der Waals surface area (Å²) in [7, 11) is 0. The van der Waals surface area contributed by atoms with Crippen LogP contribution in [0.5, 0.6) is 0 Å². The molecule has 0 aliphatic heterocycles. The van der Waals surface area contributed by atoms with Crippen molar-refractivity contribution in [3.63, 3.8) is 0 Å². The van der Waals surface area contributed by atoms with E-state index >= 15 is 0 Å². The lowest BCUT2D eigenvalue weighted by Crippen LogP contribution is -1.83. The van der Waals surface area contributed by atoms with Crippen LogP contribution in [0.1, 0.15) is 64.7 Å². The van der Waals surface area contributed by atoms with E-state index in [1.54, 1.807) is 0 Å². The van der Waals surface area contributed by atoms with E-state index in [1.165, 1.54) is 25.7 Å². The van der Waals surface area contributed by atoms with E-state index in [0.29, 0.717) is 6.61 Å². The standard InChI is InChI=1S/C15H24O/c1-2-3-4-5-6-7-8-9-10-11-12-13-14-15-16/h16H,2-4,9-15H2,1H3. The molecule has 0 unspecified atom stereocenters. The second-order valence-corrected chi connectivity index (χ2v) is 3.95. The third kappa shape index (κ3) is 13.1. The lowest BCUT2D eigenvalue weighted by Gasteiger charge is -1.95. The topological polar surface area (TPSA) is 20.2 Å². The van der Waals surface area contributed by atoms with Gasteiger partial charge in [-0.25, -0.2) is 0 Å². The summed E-state index contributed by atoms with van der Waals surface area (Å²) in [4.78, 5) is 0. The van der Waals surface area contributed by atoms with Crippen molar-refractivity contribution < 1.29 is 5.11 Å². The highest BCUT2D eigenvalue weighted by molar-refractivity contribution is 5.25. The van der Waals surface area contributed by atoms with Gasteiger partial charge in [-0.3, -0.25) is 0 Å². The average Bonchev–Trinajstić information content (AvgIpc) is 2.31. The lowest BCUT2D eigenvalue weighted by molar-refractivity contribution is 0.282. The van der Waals surface area contributed by atoms with Gasteiger partial charge in [-0.1, -0.05) is 44.4 Å². The maximum Gasteiger partial charge on any atom is 0.0431 e. The molecule has 0 aliphatic carbocycles. The van der Waals surface area contributed by atoms with E-state index in [1.807, 2.05) is 0 Å². The van der Waals surface area contributed by atoms with Gasteiger partial charge in [0.1, 0.15) is 0 Å². The zero-order valence-corrected chi connectivity index (χ0v) is 10.5. The molecule has 0 amide bonds. The van der Waals surface area contributed by atoms with Crippen molar-refractivity contribution in [3.05, 3.63) is 0 Å². The Hall–Kier alpha value is -0.920. The van der Waals surface area contributed by atoms with Gasteiger partial charge >= 0.3 is 0 Å². The van der Waals surface area contributed by atoms with Crippen molar-refractivity contribution in [2.45, 2.75) is 64.7 Å². The van der Waals surface area contributed by atoms with Crippen LogP contribution in [-0.4, -0.2) is 11.7 Å². The summed E-state index contributed by atoms with van der Waals surface area (Å²) in [6.45, 7) is 2.50. The fraction of sp³-hybridized carbons (Fsp3) is 0.733. The molecular formula is C15H24O. The minimum Gasteiger partial charge on any atom is -0.396 e. The summed E-state index contributed by atoms with van der Waals surface area (Å²) < 4.78 is 0. The number of hydrogen-bond acceptors (Lipinski definition) is 1. The van der Waals surface area contributed by atoms with Crippen LogP contribution in [0.15, 0.2) is 0 Å². The van der Waals surface area contributed by atoms with Crippen molar-refractivity contribution in [2.24, 2.45) is 0 Å². The van der Waals surface area contributed by atoms with Gasteiger partial charge in [0.25, 0.3) is 0 Å². The molecule has 1 nitrogen and oxygen atoms in total. The molecule has 0 aromatic rings. The summed E-state index contributed by atoms with van der Waals surface area (Å²) in [5.74, 6) is 11.9. The Labute approximate surface area is 101 Å². The molecule has 16 heavy (non-hydrogen) atoms. The Bertz CT molecular complexity index is 246. The predicted octanol–water partition coefficient (Wildman–Crippen LogP) is 3.52. The Morgan fingerprint density at radius 1 is 0.750 bits per heavy atom. The van der Waals surface area contributed by atoms with E-state index in [9.17, 15) is 0 Å². The molecule has 0 saturated heterocycles. The largest absolute Gasteiger partial charge is 0.396 e. The normalized spacial score (nSPS) is 8.88. The zero-order chi connectivity index (χ0) is 11.9. The molecular weight excluding hydrogens is 196 g/mol. The molecule has 1 heteroatoms. The molecule has 0 bridgehead atoms. The van der Waals surface area contributed by atoms with Crippen LogP contribution in [0.4, 0.5) is 0 Å². The number of rotatable bonds is 8. The smallest absolute Gasteiger partial charge is 0.0431 e. The fourth-order valence-corrected chi connectivity index (χ4v) is 1.33. The van der Waals surface area contributed by atoms with E-state index < -0.39 is 0 Å². The highest BCUT2D eigenvalue weighted by atomic mass is 16.2. The van der Waals surface area contributed by atoms with E-state index in [4.69, 9.17) is 5.11 Å². The monoisotopic (exact) mass is 220 g/mol. The molecule has 0 aromatic heterocycles. The van der Waals surface area contributed by atoms with Crippen LogP contribution in [0.25, 0.3) is 0 Å². The average molecular weight is 220 g/mol. The quantitative estimate of drug-likeness (QED) is 0.490. The third-order valence-corrected chi connectivity index (χ3v) is 2.35. The van der Waals surface area contributed by atoms with Gasteiger partial charge < -0.3 is 5.11 Å². The molecule has 0 rings (SSSR count). The molecule has 0 aromatic carbocycles. The summed E-state index contributed by atoms with van der Waals surface area (Å²) in [5, 5.41) is 8.59. The summed E-state index contributed by atoms with van der Waals surface area (Å²) >= 11 is 0. The molecule has 0 heterocycles. The maximum atomic E-state index is 8.59. The first-order chi connectivity index (χ1) is 7.91. The van der Waals surface area contributed by atoms with E-state index in [-0.39, 0.29) is 0 Å². The number of aliphatic hydroxyl groups is 1. The number of hydrogen-bond donors (Lipinski definition) is 1. The first-order valence-electron chi connectivity index (χ1n) is 6.48. The summed E-state index contributed by atoms with van der Waals surface area (Å²) in [6, 6.07) is 0. The molecule has 0 atom stereocenters. The van der Waals surface area contributed by atoms with Crippen molar-refractivity contribution in [1.29, 1.82) is 0 Å². The van der Waals surface area contributed by atoms with Gasteiger partial charge in [0.2, 0.25) is 0 Å². The number of aliphatic hydroxyl groups excluding tert-OH is 1. The Kier molecular flexibility index (Phi) is 13.3. The first kappa shape index (κ1) is 15.1. The summed E-state index contributed by atoms with van der Waals surface area (Å²) in [5.41, 5.74) is 0. The third-order valence-electron chi connectivity index (χ3n) is 2.35. The molecule has 0 radical (unpaired) electrons. The van der Waals surface area contributed by atoms with Crippen LogP contribution >= 0.6 is 0 Å². The summed E-state index contributed by atoms with van der Waals surface area (Å²) in [6.07, 6.45) is 10.00. The Morgan fingerprint density at radius 2 is 1.31 bits per heavy atom. The van der Waals surface area contributed by atoms with Crippen molar-refractivity contribution in [1.82, 2.24) is 0 Å². The molecule has 0 fully saturated rings. The maximum absolute atomic E-state index is 8.59. The van der Waals surface area contributed by atoms with Gasteiger partial charge in [-0.05, 0) is 31.1 Å². The highest BCUT2D eigenvalue weighted by Gasteiger charge is 1.87. The van der Waals surface area contributed by atoms with Crippen molar-refractivity contribution in [3.8, 4) is 23.7 Å². The van der Waals surface area contributed by atoms with Gasteiger partial charge in [0.05, 0.1) is 0 Å². The SMILES string of the molecule is CCCCC#CC#CCCCCCCCO. The van der Waals surface area contributed by atoms with Crippen LogP contribution in [-0.2, 0) is 0 Å².